The van der Waals surface area contributed by atoms with Gasteiger partial charge in [-0.15, -0.1) is 11.8 Å². The molecule has 5 nitrogen and oxygen atoms in total. The number of hydrogen-bond acceptors (Lipinski definition) is 4. The second-order valence-corrected chi connectivity index (χ2v) is 5.87. The monoisotopic (exact) mass is 323 g/mol. The lowest BCUT2D eigenvalue weighted by molar-refractivity contribution is -0.141. The van der Waals surface area contributed by atoms with Crippen LogP contribution >= 0.6 is 11.8 Å². The number of benzene rings is 1. The van der Waals surface area contributed by atoms with Gasteiger partial charge in [0.05, 0.1) is 11.5 Å². The predicted octanol–water partition coefficient (Wildman–Crippen LogP) is 2.36. The maximum atomic E-state index is 11.9. The summed E-state index contributed by atoms with van der Waals surface area (Å²) in [5.41, 5.74) is 0.613. The molecular formula is C16H21NO4S. The zero-order chi connectivity index (χ0) is 16.4. The van der Waals surface area contributed by atoms with E-state index in [9.17, 15) is 14.4 Å². The fourth-order valence-corrected chi connectivity index (χ4v) is 2.57. The predicted molar refractivity (Wildman–Crippen MR) is 87.2 cm³/mol. The number of hydrogen-bond donors (Lipinski definition) is 2. The lowest BCUT2D eigenvalue weighted by Gasteiger charge is -2.13. The second-order valence-electron chi connectivity index (χ2n) is 4.88. The fourth-order valence-electron chi connectivity index (χ4n) is 1.85. The first-order valence-electron chi connectivity index (χ1n) is 7.22. The van der Waals surface area contributed by atoms with Crippen molar-refractivity contribution in [2.75, 3.05) is 11.5 Å². The van der Waals surface area contributed by atoms with Crippen LogP contribution in [0.1, 0.15) is 36.5 Å². The van der Waals surface area contributed by atoms with Crippen LogP contribution in [-0.4, -0.2) is 40.3 Å². The van der Waals surface area contributed by atoms with Gasteiger partial charge in [0, 0.05) is 5.56 Å². The van der Waals surface area contributed by atoms with Gasteiger partial charge in [-0.3, -0.25) is 9.59 Å². The van der Waals surface area contributed by atoms with E-state index in [1.54, 1.807) is 24.3 Å². The molecule has 0 unspecified atom stereocenters. The minimum Gasteiger partial charge on any atom is -0.480 e. The molecule has 0 saturated heterocycles. The first-order chi connectivity index (χ1) is 10.5. The van der Waals surface area contributed by atoms with Crippen molar-refractivity contribution in [1.29, 1.82) is 0 Å². The molecule has 0 radical (unpaired) electrons. The van der Waals surface area contributed by atoms with Gasteiger partial charge in [0.2, 0.25) is 5.91 Å². The summed E-state index contributed by atoms with van der Waals surface area (Å²) in [7, 11) is 0. The van der Waals surface area contributed by atoms with E-state index in [4.69, 9.17) is 5.11 Å². The van der Waals surface area contributed by atoms with Crippen LogP contribution in [0.3, 0.4) is 0 Å². The van der Waals surface area contributed by atoms with Crippen molar-refractivity contribution in [2.45, 2.75) is 32.2 Å². The maximum absolute atomic E-state index is 11.9. The number of carboxylic acid groups (broad SMARTS) is 1. The highest BCUT2D eigenvalue weighted by molar-refractivity contribution is 8.00. The van der Waals surface area contributed by atoms with Crippen molar-refractivity contribution in [3.05, 3.63) is 35.9 Å². The van der Waals surface area contributed by atoms with Gasteiger partial charge in [0.1, 0.15) is 6.04 Å². The van der Waals surface area contributed by atoms with Gasteiger partial charge in [0.15, 0.2) is 5.78 Å². The number of ketones is 1. The van der Waals surface area contributed by atoms with Crippen molar-refractivity contribution >= 4 is 29.4 Å². The largest absolute Gasteiger partial charge is 0.480 e. The van der Waals surface area contributed by atoms with Crippen LogP contribution in [-0.2, 0) is 9.59 Å². The van der Waals surface area contributed by atoms with Crippen molar-refractivity contribution in [2.24, 2.45) is 0 Å². The summed E-state index contributed by atoms with van der Waals surface area (Å²) in [6, 6.07) is 8.02. The average molecular weight is 323 g/mol. The van der Waals surface area contributed by atoms with Crippen molar-refractivity contribution in [3.63, 3.8) is 0 Å². The Labute approximate surface area is 134 Å². The Morgan fingerprint density at radius 1 is 1.18 bits per heavy atom. The van der Waals surface area contributed by atoms with Crippen LogP contribution < -0.4 is 5.32 Å². The van der Waals surface area contributed by atoms with Gasteiger partial charge in [-0.05, 0) is 6.42 Å². The third-order valence-electron chi connectivity index (χ3n) is 3.04. The quantitative estimate of drug-likeness (QED) is 0.646. The molecule has 22 heavy (non-hydrogen) atoms. The molecule has 0 aliphatic heterocycles. The molecule has 1 atom stereocenters. The second kappa shape index (κ2) is 10.00. The summed E-state index contributed by atoms with van der Waals surface area (Å²) in [6.07, 6.45) is 2.04. The number of unbranched alkanes of at least 4 members (excludes halogenated alkanes) is 1. The molecule has 6 heteroatoms. The van der Waals surface area contributed by atoms with Crippen LogP contribution in [0, 0.1) is 0 Å². The molecule has 2 N–H and O–H groups in total. The topological polar surface area (TPSA) is 83.5 Å². The lowest BCUT2D eigenvalue weighted by Crippen LogP contribution is -2.41. The number of aliphatic carboxylic acids is 1. The van der Waals surface area contributed by atoms with E-state index in [1.165, 1.54) is 11.8 Å². The molecule has 0 aliphatic carbocycles. The average Bonchev–Trinajstić information content (AvgIpc) is 2.51. The molecule has 0 fully saturated rings. The van der Waals surface area contributed by atoms with E-state index in [0.717, 1.165) is 12.8 Å². The summed E-state index contributed by atoms with van der Waals surface area (Å²) in [5, 5.41) is 11.5. The van der Waals surface area contributed by atoms with E-state index in [-0.39, 0.29) is 23.2 Å². The van der Waals surface area contributed by atoms with Crippen LogP contribution in [0.4, 0.5) is 0 Å². The first kappa shape index (κ1) is 18.2. The Bertz CT molecular complexity index is 504. The number of rotatable bonds is 10. The molecule has 1 aromatic carbocycles. The van der Waals surface area contributed by atoms with Crippen LogP contribution in [0.25, 0.3) is 0 Å². The smallest absolute Gasteiger partial charge is 0.326 e. The molecular weight excluding hydrogens is 302 g/mol. The summed E-state index contributed by atoms with van der Waals surface area (Å²) in [6.45, 7) is 1.96. The molecule has 0 bridgehead atoms. The number of amides is 1. The summed E-state index contributed by atoms with van der Waals surface area (Å²) in [4.78, 5) is 34.6. The highest BCUT2D eigenvalue weighted by Crippen LogP contribution is 2.08. The molecule has 0 aromatic heterocycles. The van der Waals surface area contributed by atoms with Gasteiger partial charge in [-0.25, -0.2) is 4.79 Å². The van der Waals surface area contributed by atoms with E-state index in [0.29, 0.717) is 12.0 Å². The van der Waals surface area contributed by atoms with Gasteiger partial charge in [0.25, 0.3) is 0 Å². The third-order valence-corrected chi connectivity index (χ3v) is 3.97. The highest BCUT2D eigenvalue weighted by atomic mass is 32.2. The van der Waals surface area contributed by atoms with Crippen LogP contribution in [0.2, 0.25) is 0 Å². The van der Waals surface area contributed by atoms with Gasteiger partial charge in [-0.2, -0.15) is 0 Å². The third kappa shape index (κ3) is 6.76. The Balaban J connectivity index is 2.33. The maximum Gasteiger partial charge on any atom is 0.326 e. The number of nitrogens with one attached hydrogen (secondary N) is 1. The Morgan fingerprint density at radius 2 is 1.86 bits per heavy atom. The SMILES string of the molecule is CCCC[C@H](NC(=O)CSCC(=O)c1ccccc1)C(=O)O. The molecule has 0 spiro atoms. The Hall–Kier alpha value is -1.82. The zero-order valence-corrected chi connectivity index (χ0v) is 13.4. The van der Waals surface area contributed by atoms with Gasteiger partial charge in [-0.1, -0.05) is 50.1 Å². The normalized spacial score (nSPS) is 11.7. The standard InChI is InChI=1S/C16H21NO4S/c1-2-3-9-13(16(20)21)17-15(19)11-22-10-14(18)12-7-5-4-6-8-12/h4-8,13H,2-3,9-11H2,1H3,(H,17,19)(H,20,21)/t13-/m0/s1. The van der Waals surface area contributed by atoms with Crippen molar-refractivity contribution < 1.29 is 19.5 Å². The number of carbonyl (C=O) groups is 3. The van der Waals surface area contributed by atoms with Crippen molar-refractivity contribution in [3.8, 4) is 0 Å². The number of thioether (sulfide) groups is 1. The fraction of sp³-hybridized carbons (Fsp3) is 0.438. The minimum absolute atomic E-state index is 0.0424. The summed E-state index contributed by atoms with van der Waals surface area (Å²) in [5.74, 6) is -1.14. The first-order valence-corrected chi connectivity index (χ1v) is 8.38. The zero-order valence-electron chi connectivity index (χ0n) is 12.6. The van der Waals surface area contributed by atoms with Gasteiger partial charge < -0.3 is 10.4 Å². The van der Waals surface area contributed by atoms with E-state index >= 15 is 0 Å². The molecule has 0 aliphatic rings. The van der Waals surface area contributed by atoms with Crippen molar-refractivity contribution in [1.82, 2.24) is 5.32 Å². The number of carboxylic acids is 1. The summed E-state index contributed by atoms with van der Waals surface area (Å²) >= 11 is 1.19. The molecule has 1 amide bonds. The molecule has 1 aromatic rings. The summed E-state index contributed by atoms with van der Waals surface area (Å²) < 4.78 is 0. The number of carbonyl (C=O) groups excluding carboxylic acids is 2. The molecule has 0 heterocycles. The van der Waals surface area contributed by atoms with Crippen LogP contribution in [0.5, 0.6) is 0 Å². The number of Topliss-reactive ketones (excluding diaryl/α,β-unsaturated/α-hetero) is 1. The lowest BCUT2D eigenvalue weighted by atomic mass is 10.1. The van der Waals surface area contributed by atoms with E-state index in [1.807, 2.05) is 13.0 Å². The Kier molecular flexibility index (Phi) is 8.28. The van der Waals surface area contributed by atoms with E-state index < -0.39 is 12.0 Å². The molecule has 0 saturated carbocycles. The van der Waals surface area contributed by atoms with E-state index in [2.05, 4.69) is 5.32 Å². The van der Waals surface area contributed by atoms with Gasteiger partial charge >= 0.3 is 5.97 Å². The molecule has 1 rings (SSSR count). The highest BCUT2D eigenvalue weighted by Gasteiger charge is 2.19. The minimum atomic E-state index is -1.02. The Morgan fingerprint density at radius 3 is 2.45 bits per heavy atom. The van der Waals surface area contributed by atoms with Crippen LogP contribution in [0.15, 0.2) is 30.3 Å². The molecule has 120 valence electrons.